The molecule has 8 nitrogen and oxygen atoms in total. The van der Waals surface area contributed by atoms with Crippen LogP contribution in [0.1, 0.15) is 70.9 Å². The summed E-state index contributed by atoms with van der Waals surface area (Å²) in [7, 11) is 1.64. The third-order valence-corrected chi connectivity index (χ3v) is 7.01. The minimum Gasteiger partial charge on any atom is -0.493 e. The molecule has 3 aromatic heterocycles. The highest BCUT2D eigenvalue weighted by atomic mass is 16.5. The third-order valence-electron chi connectivity index (χ3n) is 7.01. The summed E-state index contributed by atoms with van der Waals surface area (Å²) in [5.74, 6) is 0.948. The molecule has 1 aliphatic carbocycles. The van der Waals surface area contributed by atoms with E-state index in [1.54, 1.807) is 11.6 Å². The third kappa shape index (κ3) is 4.00. The zero-order valence-corrected chi connectivity index (χ0v) is 20.6. The zero-order valence-electron chi connectivity index (χ0n) is 20.6. The number of aromatic amines is 1. The van der Waals surface area contributed by atoms with Crippen LogP contribution in [0.2, 0.25) is 0 Å². The summed E-state index contributed by atoms with van der Waals surface area (Å²) < 4.78 is 9.31. The number of H-pyrrole nitrogens is 1. The first-order valence-corrected chi connectivity index (χ1v) is 12.3. The van der Waals surface area contributed by atoms with Gasteiger partial charge in [-0.05, 0) is 60.9 Å². The number of nitrogens with one attached hydrogen (secondary N) is 2. The molecule has 8 heteroatoms. The Morgan fingerprint density at radius 2 is 1.88 bits per heavy atom. The number of nitrogens with zero attached hydrogens (tertiary/aromatic N) is 4. The molecule has 5 rings (SSSR count). The van der Waals surface area contributed by atoms with Crippen LogP contribution in [0, 0.1) is 0 Å². The summed E-state index contributed by atoms with van der Waals surface area (Å²) in [5.41, 5.74) is 5.76. The van der Waals surface area contributed by atoms with E-state index in [9.17, 15) is 4.79 Å². The molecule has 1 saturated carbocycles. The average Bonchev–Trinajstić information content (AvgIpc) is 3.40. The molecular weight excluding hydrogens is 428 g/mol. The molecule has 0 saturated heterocycles. The first kappa shape index (κ1) is 22.7. The number of pyridine rings is 1. The Morgan fingerprint density at radius 3 is 2.56 bits per heavy atom. The number of hydrogen-bond donors (Lipinski definition) is 2. The van der Waals surface area contributed by atoms with Crippen molar-refractivity contribution < 1.29 is 4.74 Å². The molecule has 0 atom stereocenters. The Morgan fingerprint density at radius 1 is 1.12 bits per heavy atom. The Bertz CT molecular complexity index is 1370. The second kappa shape index (κ2) is 8.91. The summed E-state index contributed by atoms with van der Waals surface area (Å²) in [4.78, 5) is 20.5. The second-order valence-corrected chi connectivity index (χ2v) is 10.1. The molecule has 1 aromatic carbocycles. The molecule has 0 unspecified atom stereocenters. The number of ether oxygens (including phenoxy) is 1. The lowest BCUT2D eigenvalue weighted by Crippen LogP contribution is -2.38. The average molecular weight is 463 g/mol. The second-order valence-electron chi connectivity index (χ2n) is 10.1. The Balaban J connectivity index is 1.58. The van der Waals surface area contributed by atoms with E-state index in [2.05, 4.69) is 60.2 Å². The minimum atomic E-state index is -0.0218. The van der Waals surface area contributed by atoms with Gasteiger partial charge in [-0.15, -0.1) is 0 Å². The van der Waals surface area contributed by atoms with E-state index >= 15 is 0 Å². The zero-order chi connectivity index (χ0) is 24.0. The van der Waals surface area contributed by atoms with Crippen molar-refractivity contribution in [3.63, 3.8) is 0 Å². The fourth-order valence-corrected chi connectivity index (χ4v) is 5.44. The maximum atomic E-state index is 13.1. The summed E-state index contributed by atoms with van der Waals surface area (Å²) in [6, 6.07) is 7.55. The van der Waals surface area contributed by atoms with Crippen LogP contribution in [0.5, 0.6) is 5.75 Å². The number of imidazole rings is 1. The van der Waals surface area contributed by atoms with Gasteiger partial charge < -0.3 is 15.0 Å². The summed E-state index contributed by atoms with van der Waals surface area (Å²) in [5, 5.41) is 7.96. The lowest BCUT2D eigenvalue weighted by molar-refractivity contribution is 0.281. The van der Waals surface area contributed by atoms with E-state index in [0.717, 1.165) is 47.8 Å². The largest absolute Gasteiger partial charge is 0.493 e. The highest BCUT2D eigenvalue weighted by Crippen LogP contribution is 2.37. The Kier molecular flexibility index (Phi) is 5.93. The molecule has 0 bridgehead atoms. The van der Waals surface area contributed by atoms with Crippen molar-refractivity contribution in [1.29, 1.82) is 0 Å². The molecule has 1 fully saturated rings. The van der Waals surface area contributed by atoms with Crippen molar-refractivity contribution >= 4 is 16.7 Å². The van der Waals surface area contributed by atoms with E-state index in [4.69, 9.17) is 4.74 Å². The Labute approximate surface area is 199 Å². The topological polar surface area (TPSA) is 89.2 Å². The number of benzene rings is 1. The number of fused-ring (bicyclic) bond motifs is 2. The molecule has 0 amide bonds. The quantitative estimate of drug-likeness (QED) is 0.435. The molecule has 4 aromatic rings. The first-order valence-electron chi connectivity index (χ1n) is 12.3. The minimum absolute atomic E-state index is 0.0218. The summed E-state index contributed by atoms with van der Waals surface area (Å²) in [6.45, 7) is 8.76. The van der Waals surface area contributed by atoms with Crippen LogP contribution in [0.25, 0.3) is 27.8 Å². The van der Waals surface area contributed by atoms with Crippen LogP contribution < -0.4 is 15.7 Å². The van der Waals surface area contributed by atoms with Crippen molar-refractivity contribution in [3.05, 3.63) is 46.8 Å². The Hall–Kier alpha value is -3.13. The molecule has 180 valence electrons. The van der Waals surface area contributed by atoms with Gasteiger partial charge >= 0.3 is 5.69 Å². The van der Waals surface area contributed by atoms with Gasteiger partial charge in [0.1, 0.15) is 6.33 Å². The van der Waals surface area contributed by atoms with Crippen molar-refractivity contribution in [2.45, 2.75) is 77.4 Å². The SMILES string of the molecule is COc1cc(-c2cc3[nH]c(=O)n(C4CCC(NC(C)C)CC4)c3cc2C(C)C)cn2ncnc12. The van der Waals surface area contributed by atoms with Crippen molar-refractivity contribution in [1.82, 2.24) is 29.5 Å². The molecule has 0 spiro atoms. The van der Waals surface area contributed by atoms with Crippen molar-refractivity contribution in [2.24, 2.45) is 0 Å². The van der Waals surface area contributed by atoms with Crippen molar-refractivity contribution in [3.8, 4) is 16.9 Å². The van der Waals surface area contributed by atoms with Gasteiger partial charge in [-0.2, -0.15) is 5.10 Å². The maximum absolute atomic E-state index is 13.1. The lowest BCUT2D eigenvalue weighted by Gasteiger charge is -2.31. The van der Waals surface area contributed by atoms with E-state index in [1.165, 1.54) is 11.9 Å². The van der Waals surface area contributed by atoms with Crippen LogP contribution in [-0.4, -0.2) is 43.3 Å². The summed E-state index contributed by atoms with van der Waals surface area (Å²) in [6.07, 6.45) is 7.70. The fraction of sp³-hybridized carbons (Fsp3) is 0.500. The number of rotatable bonds is 6. The first-order chi connectivity index (χ1) is 16.4. The lowest BCUT2D eigenvalue weighted by atomic mass is 9.90. The van der Waals surface area contributed by atoms with Gasteiger partial charge in [-0.25, -0.2) is 14.3 Å². The predicted octanol–water partition coefficient (Wildman–Crippen LogP) is 4.65. The van der Waals surface area contributed by atoms with Gasteiger partial charge in [0.05, 0.1) is 18.1 Å². The van der Waals surface area contributed by atoms with Gasteiger partial charge in [0.25, 0.3) is 0 Å². The van der Waals surface area contributed by atoms with Crippen molar-refractivity contribution in [2.75, 3.05) is 7.11 Å². The van der Waals surface area contributed by atoms with Gasteiger partial charge in [-0.3, -0.25) is 4.57 Å². The molecule has 2 N–H and O–H groups in total. The van der Waals surface area contributed by atoms with E-state index in [-0.39, 0.29) is 17.6 Å². The number of aromatic nitrogens is 5. The molecule has 3 heterocycles. The molecule has 34 heavy (non-hydrogen) atoms. The fourth-order valence-electron chi connectivity index (χ4n) is 5.44. The van der Waals surface area contributed by atoms with E-state index in [0.29, 0.717) is 23.5 Å². The standard InChI is InChI=1S/C26H34N6O2/c1-15(2)20-12-23-22(11-21(20)17-10-24(34-5)25-27-14-28-31(25)13-17)30-26(33)32(23)19-8-6-18(7-9-19)29-16(3)4/h10-16,18-19,29H,6-9H2,1-5H3,(H,30,33). The van der Waals surface area contributed by atoms with E-state index in [1.807, 2.05) is 16.8 Å². The summed E-state index contributed by atoms with van der Waals surface area (Å²) >= 11 is 0. The number of hydrogen-bond acceptors (Lipinski definition) is 5. The molecule has 0 radical (unpaired) electrons. The van der Waals surface area contributed by atoms with Crippen LogP contribution in [0.15, 0.2) is 35.5 Å². The normalized spacial score (nSPS) is 19.0. The van der Waals surface area contributed by atoms with Crippen LogP contribution in [0.3, 0.4) is 0 Å². The maximum Gasteiger partial charge on any atom is 0.326 e. The van der Waals surface area contributed by atoms with Crippen LogP contribution >= 0.6 is 0 Å². The molecule has 1 aliphatic rings. The van der Waals surface area contributed by atoms with Gasteiger partial charge in [0.15, 0.2) is 11.4 Å². The van der Waals surface area contributed by atoms with Crippen LogP contribution in [-0.2, 0) is 0 Å². The molecule has 0 aliphatic heterocycles. The van der Waals surface area contributed by atoms with Gasteiger partial charge in [0.2, 0.25) is 0 Å². The van der Waals surface area contributed by atoms with E-state index < -0.39 is 0 Å². The number of methoxy groups -OCH3 is 1. The van der Waals surface area contributed by atoms with Gasteiger partial charge in [-0.1, -0.05) is 27.7 Å². The van der Waals surface area contributed by atoms with Gasteiger partial charge in [0, 0.05) is 29.9 Å². The van der Waals surface area contributed by atoms with Crippen LogP contribution in [0.4, 0.5) is 0 Å². The highest BCUT2D eigenvalue weighted by Gasteiger charge is 2.26. The molecular formula is C26H34N6O2. The smallest absolute Gasteiger partial charge is 0.326 e. The predicted molar refractivity (Wildman–Crippen MR) is 135 cm³/mol. The highest BCUT2D eigenvalue weighted by molar-refractivity contribution is 5.85. The monoisotopic (exact) mass is 462 g/mol.